The SMILES string of the molecule is [2H]CC([2H])([2H])C1=NC(NC(C)C)N(N)C(Cl)=N1. The number of hydrazine groups is 1. The van der Waals surface area contributed by atoms with E-state index in [1.54, 1.807) is 0 Å². The number of hydrogen-bond donors (Lipinski definition) is 2. The summed E-state index contributed by atoms with van der Waals surface area (Å²) in [5, 5.41) is 4.07. The summed E-state index contributed by atoms with van der Waals surface area (Å²) in [7, 11) is 0. The Morgan fingerprint density at radius 3 is 3.14 bits per heavy atom. The summed E-state index contributed by atoms with van der Waals surface area (Å²) >= 11 is 5.81. The molecule has 0 radical (unpaired) electrons. The Kier molecular flexibility index (Phi) is 2.57. The van der Waals surface area contributed by atoms with E-state index in [1.165, 1.54) is 0 Å². The molecule has 0 saturated carbocycles. The Labute approximate surface area is 93.2 Å². The van der Waals surface area contributed by atoms with Crippen LogP contribution in [0.4, 0.5) is 0 Å². The van der Waals surface area contributed by atoms with Gasteiger partial charge in [0, 0.05) is 16.5 Å². The van der Waals surface area contributed by atoms with Crippen molar-refractivity contribution >= 4 is 22.7 Å². The Morgan fingerprint density at radius 1 is 1.86 bits per heavy atom. The first-order chi connectivity index (χ1) is 7.77. The van der Waals surface area contributed by atoms with E-state index in [2.05, 4.69) is 15.3 Å². The molecule has 1 rings (SSSR count). The summed E-state index contributed by atoms with van der Waals surface area (Å²) in [5.74, 6) is 5.54. The van der Waals surface area contributed by atoms with E-state index < -0.39 is 19.6 Å². The lowest BCUT2D eigenvalue weighted by Crippen LogP contribution is -2.54. The summed E-state index contributed by atoms with van der Waals surface area (Å²) in [5.41, 5.74) is 0. The van der Waals surface area contributed by atoms with Crippen molar-refractivity contribution in [2.24, 2.45) is 15.8 Å². The third kappa shape index (κ3) is 2.67. The fourth-order valence-corrected chi connectivity index (χ4v) is 1.13. The largest absolute Gasteiger partial charge is 0.275 e. The summed E-state index contributed by atoms with van der Waals surface area (Å²) in [6, 6.07) is 0.0977. The zero-order chi connectivity index (χ0) is 13.2. The zero-order valence-electron chi connectivity index (χ0n) is 11.2. The molecule has 6 heteroatoms. The van der Waals surface area contributed by atoms with Gasteiger partial charge in [-0.3, -0.25) is 5.32 Å². The van der Waals surface area contributed by atoms with Gasteiger partial charge in [-0.2, -0.15) is 0 Å². The number of halogens is 1. The van der Waals surface area contributed by atoms with Crippen LogP contribution in [0.5, 0.6) is 0 Å². The van der Waals surface area contributed by atoms with Crippen LogP contribution < -0.4 is 11.2 Å². The quantitative estimate of drug-likeness (QED) is 0.548. The third-order valence-corrected chi connectivity index (χ3v) is 1.84. The first-order valence-corrected chi connectivity index (χ1v) is 4.57. The van der Waals surface area contributed by atoms with E-state index in [9.17, 15) is 0 Å². The summed E-state index contributed by atoms with van der Waals surface area (Å²) < 4.78 is 22.3. The van der Waals surface area contributed by atoms with Gasteiger partial charge in [0.2, 0.25) is 5.29 Å². The molecule has 0 aromatic rings. The molecule has 0 aromatic carbocycles. The monoisotopic (exact) mass is 220 g/mol. The third-order valence-electron chi connectivity index (χ3n) is 1.56. The molecule has 3 N–H and O–H groups in total. The van der Waals surface area contributed by atoms with Gasteiger partial charge in [-0.1, -0.05) is 6.90 Å². The lowest BCUT2D eigenvalue weighted by atomic mass is 10.4. The number of nitrogens with one attached hydrogen (secondary N) is 1. The molecule has 0 aliphatic carbocycles. The van der Waals surface area contributed by atoms with Crippen LogP contribution in [0.1, 0.15) is 31.2 Å². The fraction of sp³-hybridized carbons (Fsp3) is 0.750. The summed E-state index contributed by atoms with van der Waals surface area (Å²) in [4.78, 5) is 7.80. The highest BCUT2D eigenvalue weighted by atomic mass is 35.5. The highest BCUT2D eigenvalue weighted by Crippen LogP contribution is 2.08. The van der Waals surface area contributed by atoms with Gasteiger partial charge in [-0.25, -0.2) is 20.8 Å². The van der Waals surface area contributed by atoms with Gasteiger partial charge in [0.05, 0.1) is 0 Å². The van der Waals surface area contributed by atoms with Crippen LogP contribution >= 0.6 is 11.6 Å². The molecule has 5 nitrogen and oxygen atoms in total. The summed E-state index contributed by atoms with van der Waals surface area (Å²) in [6.07, 6.45) is -2.60. The van der Waals surface area contributed by atoms with Crippen LogP contribution in [0.25, 0.3) is 0 Å². The molecule has 0 fully saturated rings. The second-order valence-electron chi connectivity index (χ2n) is 3.11. The highest BCUT2D eigenvalue weighted by Gasteiger charge is 2.22. The van der Waals surface area contributed by atoms with E-state index >= 15 is 0 Å². The molecule has 0 spiro atoms. The topological polar surface area (TPSA) is 66.0 Å². The fourth-order valence-electron chi connectivity index (χ4n) is 0.954. The van der Waals surface area contributed by atoms with Gasteiger partial charge < -0.3 is 0 Å². The maximum atomic E-state index is 7.59. The predicted molar refractivity (Wildman–Crippen MR) is 59.1 cm³/mol. The van der Waals surface area contributed by atoms with E-state index in [0.29, 0.717) is 0 Å². The van der Waals surface area contributed by atoms with Crippen molar-refractivity contribution in [3.05, 3.63) is 0 Å². The number of nitrogens with zero attached hydrogens (tertiary/aromatic N) is 3. The van der Waals surface area contributed by atoms with Crippen molar-refractivity contribution in [3.63, 3.8) is 0 Å². The van der Waals surface area contributed by atoms with E-state index in [1.807, 2.05) is 13.8 Å². The number of hydrogen-bond acceptors (Lipinski definition) is 5. The van der Waals surface area contributed by atoms with Crippen LogP contribution in [0.3, 0.4) is 0 Å². The van der Waals surface area contributed by atoms with Crippen LogP contribution in [0, 0.1) is 0 Å². The smallest absolute Gasteiger partial charge is 0.217 e. The number of nitrogens with two attached hydrogens (primary N) is 1. The molecule has 0 saturated heterocycles. The molecule has 1 unspecified atom stereocenters. The minimum atomic E-state index is -1.93. The van der Waals surface area contributed by atoms with Gasteiger partial charge in [0.1, 0.15) is 5.84 Å². The van der Waals surface area contributed by atoms with Crippen molar-refractivity contribution in [3.8, 4) is 0 Å². The second-order valence-corrected chi connectivity index (χ2v) is 3.45. The van der Waals surface area contributed by atoms with Crippen molar-refractivity contribution in [2.45, 2.75) is 39.5 Å². The number of aliphatic imine (C=N–C) groups is 2. The first kappa shape index (κ1) is 7.62. The lowest BCUT2D eigenvalue weighted by Gasteiger charge is -2.29. The Bertz CT molecular complexity index is 344. The molecule has 0 bridgehead atoms. The summed E-state index contributed by atoms with van der Waals surface area (Å²) in [6.45, 7) is 3.34. The molecule has 1 heterocycles. The second kappa shape index (κ2) is 4.72. The van der Waals surface area contributed by atoms with Crippen LogP contribution in [0.15, 0.2) is 9.98 Å². The molecule has 0 aromatic heterocycles. The van der Waals surface area contributed by atoms with Crippen molar-refractivity contribution in [1.29, 1.82) is 0 Å². The normalized spacial score (nSPS) is 26.5. The van der Waals surface area contributed by atoms with Crippen LogP contribution in [-0.2, 0) is 0 Å². The standard InChI is InChI=1S/C8H16ClN5/c1-4-6-12-7(9)14(10)8(13-6)11-5(2)3/h5,8,11H,4,10H2,1-3H3/i1D,4D2. The van der Waals surface area contributed by atoms with Gasteiger partial charge in [-0.15, -0.1) is 0 Å². The number of rotatable bonds is 3. The van der Waals surface area contributed by atoms with Gasteiger partial charge in [0.15, 0.2) is 6.29 Å². The maximum Gasteiger partial charge on any atom is 0.217 e. The van der Waals surface area contributed by atoms with Crippen LogP contribution in [0.2, 0.25) is 0 Å². The minimum Gasteiger partial charge on any atom is -0.275 e. The molecular formula is C8H16ClN5. The van der Waals surface area contributed by atoms with Crippen LogP contribution in [-0.4, -0.2) is 28.5 Å². The first-order valence-electron chi connectivity index (χ1n) is 5.90. The molecule has 0 amide bonds. The van der Waals surface area contributed by atoms with Gasteiger partial charge in [-0.05, 0) is 25.4 Å². The number of amidine groups is 2. The Hall–Kier alpha value is -0.650. The van der Waals surface area contributed by atoms with Crippen molar-refractivity contribution in [1.82, 2.24) is 10.3 Å². The lowest BCUT2D eigenvalue weighted by molar-refractivity contribution is 0.261. The average Bonchev–Trinajstić information content (AvgIpc) is 2.23. The highest BCUT2D eigenvalue weighted by molar-refractivity contribution is 6.65. The molecule has 14 heavy (non-hydrogen) atoms. The predicted octanol–water partition coefficient (Wildman–Crippen LogP) is 0.861. The van der Waals surface area contributed by atoms with Gasteiger partial charge in [0.25, 0.3) is 0 Å². The van der Waals surface area contributed by atoms with Crippen molar-refractivity contribution < 1.29 is 4.11 Å². The van der Waals surface area contributed by atoms with Crippen molar-refractivity contribution in [2.75, 3.05) is 0 Å². The molecule has 1 atom stereocenters. The van der Waals surface area contributed by atoms with E-state index in [0.717, 1.165) is 5.01 Å². The average molecular weight is 221 g/mol. The molecule has 80 valence electrons. The minimum absolute atomic E-state index is 0.0505. The van der Waals surface area contributed by atoms with E-state index in [4.69, 9.17) is 21.6 Å². The van der Waals surface area contributed by atoms with Gasteiger partial charge >= 0.3 is 0 Å². The Morgan fingerprint density at radius 2 is 2.57 bits per heavy atom. The maximum absolute atomic E-state index is 7.59. The zero-order valence-corrected chi connectivity index (χ0v) is 8.91. The molecule has 1 aliphatic heterocycles. The Balaban J connectivity index is 2.98. The molecule has 1 aliphatic rings. The molecular weight excluding hydrogens is 202 g/mol. The van der Waals surface area contributed by atoms with E-state index in [-0.39, 0.29) is 17.2 Å².